The maximum atomic E-state index is 11.1. The van der Waals surface area contributed by atoms with E-state index in [4.69, 9.17) is 5.73 Å². The van der Waals surface area contributed by atoms with Gasteiger partial charge in [-0.3, -0.25) is 14.3 Å². The number of esters is 1. The van der Waals surface area contributed by atoms with Crippen LogP contribution in [0.2, 0.25) is 0 Å². The fourth-order valence-corrected chi connectivity index (χ4v) is 1.07. The summed E-state index contributed by atoms with van der Waals surface area (Å²) in [6, 6.07) is 0. The van der Waals surface area contributed by atoms with Crippen molar-refractivity contribution in [3.8, 4) is 0 Å². The molecule has 0 spiro atoms. The van der Waals surface area contributed by atoms with Crippen molar-refractivity contribution in [3.63, 3.8) is 0 Å². The van der Waals surface area contributed by atoms with Crippen molar-refractivity contribution >= 4 is 17.6 Å². The zero-order valence-corrected chi connectivity index (χ0v) is 8.54. The second-order valence-electron chi connectivity index (χ2n) is 2.82. The lowest BCUT2D eigenvalue weighted by Gasteiger charge is -2.00. The summed E-state index contributed by atoms with van der Waals surface area (Å²) >= 11 is 0. The molecular weight excluding hydrogens is 216 g/mol. The van der Waals surface area contributed by atoms with E-state index in [0.29, 0.717) is 0 Å². The van der Waals surface area contributed by atoms with Crippen molar-refractivity contribution in [2.45, 2.75) is 13.5 Å². The third kappa shape index (κ3) is 2.62. The molecule has 8 heteroatoms. The molecule has 0 fully saturated rings. The van der Waals surface area contributed by atoms with Gasteiger partial charge in [0.15, 0.2) is 11.4 Å². The Kier molecular flexibility index (Phi) is 3.70. The predicted octanol–water partition coefficient (Wildman–Crippen LogP) is -0.0570. The number of nitrogens with two attached hydrogens (primary N) is 1. The number of carbonyl (C=O) groups excluding carboxylic acids is 2. The van der Waals surface area contributed by atoms with Gasteiger partial charge in [-0.1, -0.05) is 0 Å². The van der Waals surface area contributed by atoms with Crippen LogP contribution in [0.3, 0.4) is 0 Å². The second-order valence-corrected chi connectivity index (χ2v) is 2.82. The molecule has 0 unspecified atom stereocenters. The van der Waals surface area contributed by atoms with Crippen molar-refractivity contribution in [1.29, 1.82) is 0 Å². The summed E-state index contributed by atoms with van der Waals surface area (Å²) in [6.45, 7) is 1.69. The number of nitroso groups, excluding NO2 is 1. The molecule has 0 aliphatic carbocycles. The van der Waals surface area contributed by atoms with E-state index in [9.17, 15) is 14.5 Å². The van der Waals surface area contributed by atoms with Gasteiger partial charge in [-0.25, -0.2) is 0 Å². The lowest BCUT2D eigenvalue weighted by atomic mass is 10.4. The molecule has 0 aliphatic rings. The van der Waals surface area contributed by atoms with Gasteiger partial charge < -0.3 is 10.5 Å². The highest BCUT2D eigenvalue weighted by Crippen LogP contribution is 2.16. The molecule has 0 saturated heterocycles. The van der Waals surface area contributed by atoms with E-state index in [1.54, 1.807) is 6.92 Å². The molecule has 1 heterocycles. The van der Waals surface area contributed by atoms with Gasteiger partial charge in [0.2, 0.25) is 0 Å². The Morgan fingerprint density at radius 1 is 1.62 bits per heavy atom. The highest BCUT2D eigenvalue weighted by molar-refractivity contribution is 5.95. The predicted molar refractivity (Wildman–Crippen MR) is 52.8 cm³/mol. The summed E-state index contributed by atoms with van der Waals surface area (Å²) in [5, 5.41) is 6.23. The summed E-state index contributed by atoms with van der Waals surface area (Å²) in [5.41, 5.74) is 4.50. The fourth-order valence-electron chi connectivity index (χ4n) is 1.07. The van der Waals surface area contributed by atoms with Crippen molar-refractivity contribution < 1.29 is 14.3 Å². The molecule has 0 aromatic carbocycles. The van der Waals surface area contributed by atoms with Crippen LogP contribution in [-0.4, -0.2) is 28.3 Å². The van der Waals surface area contributed by atoms with E-state index >= 15 is 0 Å². The molecule has 1 aromatic heterocycles. The monoisotopic (exact) mass is 226 g/mol. The number of aromatic nitrogens is 2. The van der Waals surface area contributed by atoms with E-state index in [1.165, 1.54) is 0 Å². The molecule has 2 N–H and O–H groups in total. The Morgan fingerprint density at radius 2 is 2.31 bits per heavy atom. The van der Waals surface area contributed by atoms with Crippen LogP contribution in [0.4, 0.5) is 5.69 Å². The van der Waals surface area contributed by atoms with Crippen LogP contribution < -0.4 is 5.73 Å². The minimum atomic E-state index is -0.878. The van der Waals surface area contributed by atoms with Crippen LogP contribution in [0.25, 0.3) is 0 Å². The zero-order valence-electron chi connectivity index (χ0n) is 8.54. The first-order valence-corrected chi connectivity index (χ1v) is 4.44. The van der Waals surface area contributed by atoms with Crippen LogP contribution >= 0.6 is 0 Å². The molecule has 8 nitrogen and oxygen atoms in total. The second kappa shape index (κ2) is 5.01. The Bertz CT molecular complexity index is 426. The Hall–Kier alpha value is -2.25. The summed E-state index contributed by atoms with van der Waals surface area (Å²) in [5.74, 6) is -1.41. The van der Waals surface area contributed by atoms with Gasteiger partial charge in [0, 0.05) is 0 Å². The maximum Gasteiger partial charge on any atom is 0.327 e. The number of primary amides is 1. The Labute approximate surface area is 90.3 Å². The summed E-state index contributed by atoms with van der Waals surface area (Å²) in [7, 11) is 0. The van der Waals surface area contributed by atoms with Crippen LogP contribution in [0.15, 0.2) is 11.4 Å². The molecule has 0 saturated carbocycles. The summed E-state index contributed by atoms with van der Waals surface area (Å²) in [6.07, 6.45) is 1.16. The van der Waals surface area contributed by atoms with Crippen LogP contribution in [0.1, 0.15) is 17.4 Å². The first-order chi connectivity index (χ1) is 7.58. The van der Waals surface area contributed by atoms with Gasteiger partial charge in [0.25, 0.3) is 5.91 Å². The van der Waals surface area contributed by atoms with Crippen LogP contribution in [-0.2, 0) is 16.1 Å². The number of hydrogen-bond acceptors (Lipinski definition) is 6. The fraction of sp³-hybridized carbons (Fsp3) is 0.375. The molecular formula is C8H10N4O4. The van der Waals surface area contributed by atoms with Gasteiger partial charge in [0.1, 0.15) is 6.54 Å². The Morgan fingerprint density at radius 3 is 2.75 bits per heavy atom. The number of ether oxygens (including phenoxy) is 1. The SMILES string of the molecule is CCOC(=O)Cn1cc(N=O)c(C(N)=O)n1. The Balaban J connectivity index is 2.87. The van der Waals surface area contributed by atoms with Crippen molar-refractivity contribution in [3.05, 3.63) is 16.8 Å². The number of nitrogens with zero attached hydrogens (tertiary/aromatic N) is 3. The maximum absolute atomic E-state index is 11.1. The minimum Gasteiger partial charge on any atom is -0.465 e. The molecule has 0 bridgehead atoms. The highest BCUT2D eigenvalue weighted by Gasteiger charge is 2.16. The molecule has 86 valence electrons. The largest absolute Gasteiger partial charge is 0.465 e. The topological polar surface area (TPSA) is 117 Å². The molecule has 0 aliphatic heterocycles. The summed E-state index contributed by atoms with van der Waals surface area (Å²) in [4.78, 5) is 32.2. The molecule has 0 radical (unpaired) electrons. The first-order valence-electron chi connectivity index (χ1n) is 4.44. The average Bonchev–Trinajstić information content (AvgIpc) is 2.61. The number of rotatable bonds is 5. The van der Waals surface area contributed by atoms with E-state index in [1.807, 2.05) is 0 Å². The molecule has 1 rings (SSSR count). The van der Waals surface area contributed by atoms with Gasteiger partial charge in [-0.05, 0) is 12.1 Å². The van der Waals surface area contributed by atoms with Gasteiger partial charge >= 0.3 is 5.97 Å². The average molecular weight is 226 g/mol. The molecule has 16 heavy (non-hydrogen) atoms. The van der Waals surface area contributed by atoms with E-state index in [2.05, 4.69) is 15.0 Å². The lowest BCUT2D eigenvalue weighted by Crippen LogP contribution is -2.16. The summed E-state index contributed by atoms with van der Waals surface area (Å²) < 4.78 is 5.74. The van der Waals surface area contributed by atoms with Gasteiger partial charge in [0.05, 0.1) is 12.8 Å². The van der Waals surface area contributed by atoms with Crippen LogP contribution in [0, 0.1) is 4.91 Å². The van der Waals surface area contributed by atoms with Gasteiger partial charge in [-0.15, -0.1) is 4.91 Å². The van der Waals surface area contributed by atoms with Crippen molar-refractivity contribution in [2.75, 3.05) is 6.61 Å². The minimum absolute atomic E-state index is 0.197. The molecule has 1 aromatic rings. The first kappa shape index (κ1) is 11.8. The normalized spacial score (nSPS) is 9.81. The molecule has 1 amide bonds. The van der Waals surface area contributed by atoms with E-state index < -0.39 is 11.9 Å². The van der Waals surface area contributed by atoms with Gasteiger partial charge in [-0.2, -0.15) is 5.10 Å². The van der Waals surface area contributed by atoms with Crippen LogP contribution in [0.5, 0.6) is 0 Å². The standard InChI is InChI=1S/C8H10N4O4/c1-2-16-6(13)4-12-3-5(11-15)7(10-12)8(9)14/h3H,2,4H2,1H3,(H2,9,14). The molecule has 0 atom stereocenters. The van der Waals surface area contributed by atoms with E-state index in [0.717, 1.165) is 10.9 Å². The third-order valence-corrected chi connectivity index (χ3v) is 1.67. The smallest absolute Gasteiger partial charge is 0.327 e. The van der Waals surface area contributed by atoms with Crippen molar-refractivity contribution in [2.24, 2.45) is 10.9 Å². The third-order valence-electron chi connectivity index (χ3n) is 1.67. The van der Waals surface area contributed by atoms with Crippen molar-refractivity contribution in [1.82, 2.24) is 9.78 Å². The quantitative estimate of drug-likeness (QED) is 0.557. The van der Waals surface area contributed by atoms with E-state index in [-0.39, 0.29) is 24.5 Å². The number of hydrogen-bond donors (Lipinski definition) is 1. The highest BCUT2D eigenvalue weighted by atomic mass is 16.5. The lowest BCUT2D eigenvalue weighted by molar-refractivity contribution is -0.144. The zero-order chi connectivity index (χ0) is 12.1. The number of amides is 1. The number of carbonyl (C=O) groups is 2.